The summed E-state index contributed by atoms with van der Waals surface area (Å²) in [6.07, 6.45) is 5.45. The van der Waals surface area contributed by atoms with Gasteiger partial charge in [-0.25, -0.2) is 29.9 Å². The van der Waals surface area contributed by atoms with Crippen LogP contribution < -0.4 is 0 Å². The van der Waals surface area contributed by atoms with Crippen molar-refractivity contribution in [1.82, 2.24) is 29.9 Å². The maximum atomic E-state index is 5.73. The molecule has 22 aromatic rings. The molecule has 0 radical (unpaired) electrons. The highest BCUT2D eigenvalue weighted by atomic mass is 32.1. The number of allylic oxidation sites excluding steroid dienone is 4. The second kappa shape index (κ2) is 27.0. The van der Waals surface area contributed by atoms with E-state index in [2.05, 4.69) is 371 Å². The molecule has 4 heterocycles. The van der Waals surface area contributed by atoms with E-state index in [0.717, 1.165) is 143 Å². The van der Waals surface area contributed by atoms with Crippen LogP contribution in [0.15, 0.2) is 364 Å². The molecule has 536 valence electrons. The Kier molecular flexibility index (Phi) is 15.6. The summed E-state index contributed by atoms with van der Waals surface area (Å²) in [4.78, 5) is 34.2. The lowest BCUT2D eigenvalue weighted by molar-refractivity contribution is 0.750. The highest BCUT2D eigenvalue weighted by Gasteiger charge is 2.29. The van der Waals surface area contributed by atoms with Gasteiger partial charge < -0.3 is 0 Å². The maximum Gasteiger partial charge on any atom is 0.165 e. The molecule has 0 saturated heterocycles. The molecule has 1 aliphatic carbocycles. The molecule has 0 aliphatic heterocycles. The van der Waals surface area contributed by atoms with Crippen LogP contribution in [0.1, 0.15) is 24.7 Å². The van der Waals surface area contributed by atoms with Crippen LogP contribution in [0.2, 0.25) is 0 Å². The number of thiophene rings is 2. The Hall–Kier alpha value is -14.3. The Bertz CT molecular complexity index is 7940. The molecule has 1 atom stereocenters. The van der Waals surface area contributed by atoms with Crippen LogP contribution in [0, 0.1) is 5.92 Å². The van der Waals surface area contributed by atoms with Crippen LogP contribution in [0.5, 0.6) is 0 Å². The Morgan fingerprint density at radius 1 is 0.235 bits per heavy atom. The largest absolute Gasteiger partial charge is 0.208 e. The summed E-state index contributed by atoms with van der Waals surface area (Å²) < 4.78 is 4.66. The molecule has 4 aromatic heterocycles. The number of hydrogen-bond donors (Lipinski definition) is 0. The monoisotopic (exact) mass is 1500 g/mol. The summed E-state index contributed by atoms with van der Waals surface area (Å²) in [6.45, 7) is 2.31. The smallest absolute Gasteiger partial charge is 0.165 e. The van der Waals surface area contributed by atoms with Gasteiger partial charge in [-0.05, 0) is 198 Å². The molecule has 23 rings (SSSR count). The van der Waals surface area contributed by atoms with Crippen molar-refractivity contribution in [1.29, 1.82) is 0 Å². The Morgan fingerprint density at radius 3 is 1.34 bits per heavy atom. The minimum Gasteiger partial charge on any atom is -0.208 e. The van der Waals surface area contributed by atoms with Crippen LogP contribution in [0.25, 0.3) is 228 Å². The predicted octanol–water partition coefficient (Wildman–Crippen LogP) is 29.4. The Labute approximate surface area is 670 Å². The first-order valence-corrected chi connectivity index (χ1v) is 40.9. The van der Waals surface area contributed by atoms with E-state index in [1.165, 1.54) is 68.6 Å². The van der Waals surface area contributed by atoms with E-state index in [9.17, 15) is 0 Å². The number of hydrogen-bond acceptors (Lipinski definition) is 8. The lowest BCUT2D eigenvalue weighted by atomic mass is 9.84. The van der Waals surface area contributed by atoms with Gasteiger partial charge in [0.2, 0.25) is 0 Å². The van der Waals surface area contributed by atoms with Gasteiger partial charge in [-0.1, -0.05) is 316 Å². The van der Waals surface area contributed by atoms with Crippen LogP contribution >= 0.6 is 22.7 Å². The summed E-state index contributed by atoms with van der Waals surface area (Å²) in [5.74, 6) is 3.90. The average Bonchev–Trinajstić information content (AvgIpc) is 1.01. The minimum atomic E-state index is 0.114. The summed E-state index contributed by atoms with van der Waals surface area (Å²) in [7, 11) is 0. The van der Waals surface area contributed by atoms with Crippen LogP contribution in [-0.2, 0) is 0 Å². The van der Waals surface area contributed by atoms with Gasteiger partial charge in [0.25, 0.3) is 0 Å². The molecular formula is C107H66N6S2. The van der Waals surface area contributed by atoms with Crippen molar-refractivity contribution < 1.29 is 0 Å². The van der Waals surface area contributed by atoms with Gasteiger partial charge in [-0.3, -0.25) is 0 Å². The molecular weight excluding hydrogens is 1430 g/mol. The Balaban J connectivity index is 0.662. The van der Waals surface area contributed by atoms with Gasteiger partial charge >= 0.3 is 0 Å². The normalized spacial score (nSPS) is 13.2. The molecule has 8 heteroatoms. The summed E-state index contributed by atoms with van der Waals surface area (Å²) in [6, 6.07) is 128. The standard InChI is InChI=1S/C107H66N6S2/c1-63-21-18-37-82(75-49-44-64-22-2-4-26-69(64)57-75)97(63)105-110-104(112-106(113-105)98-80-31-10-6-24-67(80)51-54-83(98)76-50-45-65-23-3-5-27-70(65)58-76)93-41-20-39-90-87-55-53-72(62-96(87)115-101(90)93)71-47-43-66-46-48-74(60-77(66)59-71)79-30-12-15-36-91(79)102-108-103(92-40-19-38-89-86-35-16-17-42-95(86)114-100(89)92)111-107(109-102)99-81-32-11-7-25-68(81)52-56-88(99)94-61-73-28-8-9-29-78(73)84-33-13-14-34-85(84)94/h2-20,22-63H,21H2,1H3. The average molecular weight is 1500 g/mol. The number of benzene rings is 18. The van der Waals surface area contributed by atoms with Gasteiger partial charge in [0, 0.05) is 73.7 Å². The van der Waals surface area contributed by atoms with E-state index in [1.54, 1.807) is 22.7 Å². The maximum absolute atomic E-state index is 5.73. The number of nitrogens with zero attached hydrogens (tertiary/aromatic N) is 6. The second-order valence-corrected chi connectivity index (χ2v) is 32.4. The van der Waals surface area contributed by atoms with E-state index in [-0.39, 0.29) is 5.92 Å². The first-order chi connectivity index (χ1) is 56.9. The fourth-order valence-corrected chi connectivity index (χ4v) is 20.5. The molecule has 0 bridgehead atoms. The van der Waals surface area contributed by atoms with Gasteiger partial charge in [0.05, 0.1) is 0 Å². The van der Waals surface area contributed by atoms with E-state index in [0.29, 0.717) is 34.9 Å². The highest BCUT2D eigenvalue weighted by molar-refractivity contribution is 7.26. The molecule has 0 N–H and O–H groups in total. The van der Waals surface area contributed by atoms with E-state index in [4.69, 9.17) is 29.9 Å². The van der Waals surface area contributed by atoms with Gasteiger partial charge in [0.1, 0.15) is 0 Å². The van der Waals surface area contributed by atoms with E-state index < -0.39 is 0 Å². The molecule has 6 nitrogen and oxygen atoms in total. The summed E-state index contributed by atoms with van der Waals surface area (Å²) in [5.41, 5.74) is 16.8. The molecule has 1 unspecified atom stereocenters. The molecule has 0 saturated carbocycles. The molecule has 1 aliphatic rings. The fraction of sp³-hybridized carbons (Fsp3) is 0.0280. The third-order valence-corrected chi connectivity index (χ3v) is 26.0. The van der Waals surface area contributed by atoms with Crippen molar-refractivity contribution in [3.63, 3.8) is 0 Å². The lowest BCUT2D eigenvalue weighted by Gasteiger charge is -2.23. The van der Waals surface area contributed by atoms with Gasteiger partial charge in [-0.2, -0.15) is 0 Å². The lowest BCUT2D eigenvalue weighted by Crippen LogP contribution is -2.11. The number of rotatable bonds is 11. The van der Waals surface area contributed by atoms with Gasteiger partial charge in [0.15, 0.2) is 34.9 Å². The zero-order valence-electron chi connectivity index (χ0n) is 62.4. The van der Waals surface area contributed by atoms with Crippen molar-refractivity contribution in [2.24, 2.45) is 5.92 Å². The third-order valence-electron chi connectivity index (χ3n) is 23.6. The summed E-state index contributed by atoms with van der Waals surface area (Å²) in [5, 5.41) is 20.9. The first-order valence-electron chi connectivity index (χ1n) is 39.3. The quantitative estimate of drug-likeness (QED) is 0.120. The van der Waals surface area contributed by atoms with E-state index >= 15 is 0 Å². The van der Waals surface area contributed by atoms with Crippen LogP contribution in [0.4, 0.5) is 0 Å². The third kappa shape index (κ3) is 11.3. The molecule has 0 fully saturated rings. The molecule has 115 heavy (non-hydrogen) atoms. The molecule has 0 spiro atoms. The van der Waals surface area contributed by atoms with Crippen molar-refractivity contribution in [2.45, 2.75) is 13.3 Å². The minimum absolute atomic E-state index is 0.114. The van der Waals surface area contributed by atoms with Gasteiger partial charge in [-0.15, -0.1) is 22.7 Å². The summed E-state index contributed by atoms with van der Waals surface area (Å²) >= 11 is 3.59. The highest BCUT2D eigenvalue weighted by Crippen LogP contribution is 2.49. The number of aromatic nitrogens is 6. The van der Waals surface area contributed by atoms with Crippen molar-refractivity contribution in [2.75, 3.05) is 0 Å². The van der Waals surface area contributed by atoms with Crippen molar-refractivity contribution >= 4 is 150 Å². The first kappa shape index (κ1) is 66.5. The van der Waals surface area contributed by atoms with Crippen molar-refractivity contribution in [3.05, 3.63) is 375 Å². The molecule has 0 amide bonds. The van der Waals surface area contributed by atoms with E-state index in [1.807, 2.05) is 0 Å². The second-order valence-electron chi connectivity index (χ2n) is 30.3. The zero-order valence-corrected chi connectivity index (χ0v) is 64.1. The zero-order chi connectivity index (χ0) is 75.8. The Morgan fingerprint density at radius 2 is 0.652 bits per heavy atom. The fourth-order valence-electron chi connectivity index (χ4n) is 18.0. The van der Waals surface area contributed by atoms with Crippen molar-refractivity contribution in [3.8, 4) is 101 Å². The van der Waals surface area contributed by atoms with Crippen LogP contribution in [-0.4, -0.2) is 29.9 Å². The SMILES string of the molecule is CC1CC=CC(c2ccc3ccccc3c2)=C1c1nc(-c2c(-c3ccc4ccccc4c3)ccc3ccccc23)nc(-c2cccc3c2sc2cc(-c4ccc5ccc(-c6ccccc6-c6nc(-c7c(-c8cc9ccccc9c9ccccc89)ccc8ccccc78)nc(-c7cccc8c7sc7ccccc78)n6)cc5c4)ccc23)n1. The predicted molar refractivity (Wildman–Crippen MR) is 487 cm³/mol. The topological polar surface area (TPSA) is 77.3 Å². The molecule has 18 aromatic carbocycles. The number of fused-ring (bicyclic) bond motifs is 14. The van der Waals surface area contributed by atoms with Crippen LogP contribution in [0.3, 0.4) is 0 Å².